The van der Waals surface area contributed by atoms with E-state index in [4.69, 9.17) is 0 Å². The second kappa shape index (κ2) is 10.2. The minimum absolute atomic E-state index is 0. The van der Waals surface area contributed by atoms with Crippen LogP contribution in [0.2, 0.25) is 0 Å². The van der Waals surface area contributed by atoms with Gasteiger partial charge in [-0.15, -0.1) is 13.2 Å². The fourth-order valence-corrected chi connectivity index (χ4v) is 0. The lowest BCUT2D eigenvalue weighted by atomic mass is 11.1. The van der Waals surface area contributed by atoms with Crippen LogP contribution in [0.1, 0.15) is 0 Å². The van der Waals surface area contributed by atoms with E-state index >= 15 is 0 Å². The molecule has 0 spiro atoms. The minimum atomic E-state index is -2.91. The SMILES string of the molecule is C=C.F.FC(F)=C(F)F. The predicted octanol–water partition coefficient (Wildman–Crippen LogP) is 2.95. The minimum Gasteiger partial charge on any atom is -0.269 e. The summed E-state index contributed by atoms with van der Waals surface area (Å²) in [6, 6.07) is 0. The van der Waals surface area contributed by atoms with E-state index in [2.05, 4.69) is 13.2 Å². The lowest BCUT2D eigenvalue weighted by molar-refractivity contribution is 0.308. The van der Waals surface area contributed by atoms with E-state index in [0.717, 1.165) is 0 Å². The monoisotopic (exact) mass is 148 g/mol. The lowest BCUT2D eigenvalue weighted by Crippen LogP contribution is -1.56. The lowest BCUT2D eigenvalue weighted by Gasteiger charge is -1.69. The molecule has 0 aliphatic carbocycles. The van der Waals surface area contributed by atoms with Gasteiger partial charge >= 0.3 is 12.2 Å². The Morgan fingerprint density at radius 2 is 0.889 bits per heavy atom. The van der Waals surface area contributed by atoms with Crippen molar-refractivity contribution in [1.82, 2.24) is 0 Å². The van der Waals surface area contributed by atoms with Crippen molar-refractivity contribution in [2.45, 2.75) is 0 Å². The van der Waals surface area contributed by atoms with Gasteiger partial charge < -0.3 is 0 Å². The van der Waals surface area contributed by atoms with E-state index in [1.54, 1.807) is 0 Å². The van der Waals surface area contributed by atoms with Gasteiger partial charge in [-0.25, -0.2) is 0 Å². The highest BCUT2D eigenvalue weighted by atomic mass is 19.3. The molecular formula is C4H5F5. The van der Waals surface area contributed by atoms with Crippen molar-refractivity contribution < 1.29 is 22.3 Å². The Labute approximate surface area is 48.9 Å². The molecule has 0 aromatic carbocycles. The van der Waals surface area contributed by atoms with Crippen LogP contribution in [-0.4, -0.2) is 0 Å². The van der Waals surface area contributed by atoms with Crippen LogP contribution >= 0.6 is 0 Å². The van der Waals surface area contributed by atoms with Gasteiger partial charge in [-0.1, -0.05) is 0 Å². The highest BCUT2D eigenvalue weighted by Crippen LogP contribution is 2.08. The highest BCUT2D eigenvalue weighted by Gasteiger charge is 1.98. The van der Waals surface area contributed by atoms with Gasteiger partial charge in [0, 0.05) is 0 Å². The fraction of sp³-hybridized carbons (Fsp3) is 0. The van der Waals surface area contributed by atoms with Gasteiger partial charge in [-0.3, -0.25) is 4.70 Å². The van der Waals surface area contributed by atoms with Crippen LogP contribution < -0.4 is 0 Å². The van der Waals surface area contributed by atoms with Crippen molar-refractivity contribution in [2.75, 3.05) is 0 Å². The smallest absolute Gasteiger partial charge is 0.269 e. The molecule has 5 heteroatoms. The Kier molecular flexibility index (Phi) is 17.8. The number of rotatable bonds is 0. The molecule has 0 nitrogen and oxygen atoms in total. The fourth-order valence-electron chi connectivity index (χ4n) is 0. The molecule has 0 atom stereocenters. The summed E-state index contributed by atoms with van der Waals surface area (Å²) < 4.78 is 41.1. The third kappa shape index (κ3) is 19.2. The number of hydrogen-bond acceptors (Lipinski definition) is 0. The zero-order chi connectivity index (χ0) is 7.15. The molecule has 0 heterocycles. The molecule has 0 aromatic heterocycles. The molecule has 0 amide bonds. The third-order valence-electron chi connectivity index (χ3n) is 0.143. The first-order valence-electron chi connectivity index (χ1n) is 1.51. The second-order valence-electron chi connectivity index (χ2n) is 0.521. The molecule has 0 radical (unpaired) electrons. The Balaban J connectivity index is -0.000000109. The normalized spacial score (nSPS) is 5.78. The summed E-state index contributed by atoms with van der Waals surface area (Å²) in [6.45, 7) is 6.00. The van der Waals surface area contributed by atoms with E-state index < -0.39 is 12.2 Å². The van der Waals surface area contributed by atoms with Crippen LogP contribution in [0.3, 0.4) is 0 Å². The highest BCUT2D eigenvalue weighted by molar-refractivity contribution is 4.77. The van der Waals surface area contributed by atoms with E-state index in [1.807, 2.05) is 0 Å². The zero-order valence-corrected chi connectivity index (χ0v) is 4.33. The Morgan fingerprint density at radius 1 is 0.778 bits per heavy atom. The molecule has 0 aliphatic rings. The predicted molar refractivity (Wildman–Crippen MR) is 25.2 cm³/mol. The molecule has 9 heavy (non-hydrogen) atoms. The Morgan fingerprint density at radius 3 is 0.889 bits per heavy atom. The molecule has 0 saturated carbocycles. The van der Waals surface area contributed by atoms with Crippen molar-refractivity contribution in [2.24, 2.45) is 0 Å². The molecule has 0 aromatic rings. The molecule has 56 valence electrons. The van der Waals surface area contributed by atoms with Gasteiger partial charge in [0.2, 0.25) is 0 Å². The summed E-state index contributed by atoms with van der Waals surface area (Å²) in [7, 11) is 0. The first-order chi connectivity index (χ1) is 3.64. The topological polar surface area (TPSA) is 0 Å². The summed E-state index contributed by atoms with van der Waals surface area (Å²) in [5, 5.41) is 0. The first-order valence-corrected chi connectivity index (χ1v) is 1.51. The van der Waals surface area contributed by atoms with Crippen LogP contribution in [0, 0.1) is 0 Å². The van der Waals surface area contributed by atoms with Gasteiger partial charge in [0.05, 0.1) is 0 Å². The average Bonchev–Trinajstić information content (AvgIpc) is 1.72. The van der Waals surface area contributed by atoms with E-state index in [9.17, 15) is 17.6 Å². The Hall–Kier alpha value is -0.870. The maximum absolute atomic E-state index is 10.3. The maximum Gasteiger partial charge on any atom is 0.334 e. The van der Waals surface area contributed by atoms with E-state index in [0.29, 0.717) is 0 Å². The van der Waals surface area contributed by atoms with Crippen molar-refractivity contribution in [3.63, 3.8) is 0 Å². The molecule has 0 aliphatic heterocycles. The first kappa shape index (κ1) is 15.7. The summed E-state index contributed by atoms with van der Waals surface area (Å²) in [4.78, 5) is 0. The van der Waals surface area contributed by atoms with Crippen LogP contribution in [-0.2, 0) is 0 Å². The molecule has 0 bridgehead atoms. The van der Waals surface area contributed by atoms with Crippen LogP contribution in [0.5, 0.6) is 0 Å². The van der Waals surface area contributed by atoms with Crippen LogP contribution in [0.4, 0.5) is 22.3 Å². The summed E-state index contributed by atoms with van der Waals surface area (Å²) in [5.74, 6) is 0. The molecule has 0 rings (SSSR count). The largest absolute Gasteiger partial charge is 0.334 e. The van der Waals surface area contributed by atoms with Crippen molar-refractivity contribution in [3.8, 4) is 0 Å². The Bertz CT molecular complexity index is 69.0. The van der Waals surface area contributed by atoms with Gasteiger partial charge in [0.1, 0.15) is 0 Å². The van der Waals surface area contributed by atoms with Crippen molar-refractivity contribution in [3.05, 3.63) is 25.3 Å². The van der Waals surface area contributed by atoms with Gasteiger partial charge in [-0.05, 0) is 0 Å². The van der Waals surface area contributed by atoms with E-state index in [1.165, 1.54) is 0 Å². The van der Waals surface area contributed by atoms with Crippen molar-refractivity contribution in [1.29, 1.82) is 0 Å². The second-order valence-corrected chi connectivity index (χ2v) is 0.521. The molecule has 0 unspecified atom stereocenters. The molecule has 0 fully saturated rings. The standard InChI is InChI=1S/C2F4.C2H4.FH/c3-1(4)2(5)6;1-2;/h;1-2H2;1H. The summed E-state index contributed by atoms with van der Waals surface area (Å²) >= 11 is 0. The quantitative estimate of drug-likeness (QED) is 0.366. The molecule has 0 saturated heterocycles. The van der Waals surface area contributed by atoms with Gasteiger partial charge in [0.15, 0.2) is 0 Å². The summed E-state index contributed by atoms with van der Waals surface area (Å²) in [5.41, 5.74) is 0. The molecule has 0 N–H and O–H groups in total. The maximum atomic E-state index is 10.3. The third-order valence-corrected chi connectivity index (χ3v) is 0.143. The zero-order valence-electron chi connectivity index (χ0n) is 4.33. The van der Waals surface area contributed by atoms with E-state index in [-0.39, 0.29) is 4.70 Å². The van der Waals surface area contributed by atoms with Crippen LogP contribution in [0.25, 0.3) is 0 Å². The van der Waals surface area contributed by atoms with Crippen LogP contribution in [0.15, 0.2) is 25.3 Å². The number of hydrogen-bond donors (Lipinski definition) is 0. The number of halogens is 5. The van der Waals surface area contributed by atoms with Gasteiger partial charge in [0.25, 0.3) is 0 Å². The summed E-state index contributed by atoms with van der Waals surface area (Å²) in [6.07, 6.45) is -5.81. The van der Waals surface area contributed by atoms with Crippen molar-refractivity contribution >= 4 is 0 Å². The molecular weight excluding hydrogens is 143 g/mol. The van der Waals surface area contributed by atoms with Gasteiger partial charge in [-0.2, -0.15) is 17.6 Å². The average molecular weight is 148 g/mol.